The Kier molecular flexibility index (Phi) is 5.92. The minimum Gasteiger partial charge on any atom is -0.497 e. The van der Waals surface area contributed by atoms with Gasteiger partial charge in [0.1, 0.15) is 23.1 Å². The van der Waals surface area contributed by atoms with E-state index in [-0.39, 0.29) is 17.9 Å². The molecule has 2 heterocycles. The van der Waals surface area contributed by atoms with Crippen LogP contribution in [0.2, 0.25) is 0 Å². The molecule has 2 aliphatic rings. The minimum atomic E-state index is -1.01. The van der Waals surface area contributed by atoms with Crippen molar-refractivity contribution >= 4 is 5.91 Å². The van der Waals surface area contributed by atoms with Crippen LogP contribution < -0.4 is 20.3 Å². The summed E-state index contributed by atoms with van der Waals surface area (Å²) in [5.74, 6) is 1.45. The van der Waals surface area contributed by atoms with Gasteiger partial charge in [0.05, 0.1) is 26.8 Å². The van der Waals surface area contributed by atoms with Crippen LogP contribution in [0.15, 0.2) is 42.5 Å². The average molecular weight is 426 g/mol. The zero-order valence-corrected chi connectivity index (χ0v) is 18.5. The van der Waals surface area contributed by atoms with E-state index in [0.717, 1.165) is 28.2 Å². The number of methoxy groups -OCH3 is 2. The number of amides is 1. The van der Waals surface area contributed by atoms with Crippen molar-refractivity contribution in [2.24, 2.45) is 5.92 Å². The van der Waals surface area contributed by atoms with Crippen molar-refractivity contribution in [3.8, 4) is 11.5 Å². The van der Waals surface area contributed by atoms with Crippen molar-refractivity contribution in [2.45, 2.75) is 38.0 Å². The second-order valence-electron chi connectivity index (χ2n) is 8.62. The molecule has 0 aromatic heterocycles. The van der Waals surface area contributed by atoms with Gasteiger partial charge in [0, 0.05) is 18.0 Å². The van der Waals surface area contributed by atoms with Gasteiger partial charge in [-0.3, -0.25) is 4.79 Å². The van der Waals surface area contributed by atoms with Crippen molar-refractivity contribution in [2.75, 3.05) is 27.3 Å². The molecule has 0 radical (unpaired) electrons. The van der Waals surface area contributed by atoms with Gasteiger partial charge in [0.25, 0.3) is 0 Å². The first-order chi connectivity index (χ1) is 14.9. The van der Waals surface area contributed by atoms with Crippen molar-refractivity contribution in [1.29, 1.82) is 0 Å². The molecular formula is C24H31N3O4. The number of β-amino-alcohol motifs (C(OH)–C–C–N with tert-alkyl or cyclic N) is 1. The van der Waals surface area contributed by atoms with Gasteiger partial charge >= 0.3 is 0 Å². The summed E-state index contributed by atoms with van der Waals surface area (Å²) in [6.45, 7) is 4.89. The number of likely N-dealkylation sites (tertiary alicyclic amines) is 1. The maximum atomic E-state index is 13.3. The quantitative estimate of drug-likeness (QED) is 0.682. The molecule has 7 nitrogen and oxygen atoms in total. The molecule has 2 fully saturated rings. The van der Waals surface area contributed by atoms with E-state index >= 15 is 0 Å². The van der Waals surface area contributed by atoms with Crippen LogP contribution in [-0.2, 0) is 10.4 Å². The average Bonchev–Trinajstić information content (AvgIpc) is 3.37. The van der Waals surface area contributed by atoms with Gasteiger partial charge in [-0.25, -0.2) is 10.9 Å². The molecule has 31 heavy (non-hydrogen) atoms. The van der Waals surface area contributed by atoms with Gasteiger partial charge in [0.15, 0.2) is 0 Å². The highest BCUT2D eigenvalue weighted by Crippen LogP contribution is 2.38. The summed E-state index contributed by atoms with van der Waals surface area (Å²) in [5.41, 5.74) is 8.38. The van der Waals surface area contributed by atoms with Gasteiger partial charge in [-0.15, -0.1) is 0 Å². The van der Waals surface area contributed by atoms with E-state index in [1.54, 1.807) is 19.1 Å². The molecule has 3 N–H and O–H groups in total. The number of aliphatic hydroxyl groups is 1. The van der Waals surface area contributed by atoms with Crippen LogP contribution in [0.4, 0.5) is 0 Å². The molecule has 166 valence electrons. The Balaban J connectivity index is 1.49. The van der Waals surface area contributed by atoms with E-state index < -0.39 is 11.6 Å². The van der Waals surface area contributed by atoms with Gasteiger partial charge in [-0.05, 0) is 37.1 Å². The maximum Gasteiger partial charge on any atom is 0.241 e. The number of carbonyl (C=O) groups is 1. The summed E-state index contributed by atoms with van der Waals surface area (Å²) in [6.07, 6.45) is 0.531. The van der Waals surface area contributed by atoms with E-state index in [4.69, 9.17) is 9.47 Å². The predicted molar refractivity (Wildman–Crippen MR) is 118 cm³/mol. The number of benzene rings is 2. The number of hydrogen-bond acceptors (Lipinski definition) is 6. The Bertz CT molecular complexity index is 948. The highest BCUT2D eigenvalue weighted by Gasteiger charge is 2.45. The first-order valence-corrected chi connectivity index (χ1v) is 10.7. The number of aryl methyl sites for hydroxylation is 1. The van der Waals surface area contributed by atoms with Crippen molar-refractivity contribution in [3.05, 3.63) is 59.2 Å². The fraction of sp³-hybridized carbons (Fsp3) is 0.458. The highest BCUT2D eigenvalue weighted by molar-refractivity contribution is 5.83. The Morgan fingerprint density at radius 2 is 1.87 bits per heavy atom. The number of ether oxygens (including phenoxy) is 2. The summed E-state index contributed by atoms with van der Waals surface area (Å²) in [4.78, 5) is 15.1. The minimum absolute atomic E-state index is 0.00704. The van der Waals surface area contributed by atoms with Crippen molar-refractivity contribution in [3.63, 3.8) is 0 Å². The van der Waals surface area contributed by atoms with Crippen LogP contribution in [-0.4, -0.2) is 49.3 Å². The molecule has 4 rings (SSSR count). The third kappa shape index (κ3) is 4.01. The molecule has 0 aliphatic carbocycles. The molecule has 0 saturated carbocycles. The first kappa shape index (κ1) is 21.6. The normalized spacial score (nSPS) is 28.0. The number of hydrazine groups is 1. The number of carbonyl (C=O) groups excluding carboxylic acids is 1. The van der Waals surface area contributed by atoms with Crippen LogP contribution in [0.3, 0.4) is 0 Å². The number of hydrogen-bond donors (Lipinski definition) is 3. The summed E-state index contributed by atoms with van der Waals surface area (Å²) in [7, 11) is 3.27. The third-order valence-electron chi connectivity index (χ3n) is 6.63. The Morgan fingerprint density at radius 3 is 2.55 bits per heavy atom. The monoisotopic (exact) mass is 425 g/mol. The lowest BCUT2D eigenvalue weighted by atomic mass is 9.89. The smallest absolute Gasteiger partial charge is 0.241 e. The number of nitrogens with one attached hydrogen (secondary N) is 2. The van der Waals surface area contributed by atoms with Crippen LogP contribution in [0.25, 0.3) is 0 Å². The standard InChI is InChI=1S/C24H31N3O4/c1-15-5-7-17(8-6-15)24(29)11-12-27(14-24)23(28)22-16(2)21(25-26-22)19-13-18(30-3)9-10-20(19)31-4/h5-10,13,16,21-22,25-26,29H,11-12,14H2,1-4H3. The summed E-state index contributed by atoms with van der Waals surface area (Å²) >= 11 is 0. The molecule has 0 bridgehead atoms. The van der Waals surface area contributed by atoms with Crippen LogP contribution >= 0.6 is 0 Å². The molecule has 2 aliphatic heterocycles. The lowest BCUT2D eigenvalue weighted by Gasteiger charge is -2.27. The second-order valence-corrected chi connectivity index (χ2v) is 8.62. The third-order valence-corrected chi connectivity index (χ3v) is 6.63. The maximum absolute atomic E-state index is 13.3. The lowest BCUT2D eigenvalue weighted by molar-refractivity contribution is -0.134. The van der Waals surface area contributed by atoms with E-state index in [1.165, 1.54) is 0 Å². The molecular weight excluding hydrogens is 394 g/mol. The molecule has 1 amide bonds. The SMILES string of the molecule is COc1ccc(OC)c(C2NNC(C(=O)N3CCC(O)(c4ccc(C)cc4)C3)C2C)c1. The summed E-state index contributed by atoms with van der Waals surface area (Å²) in [5, 5.41) is 11.2. The van der Waals surface area contributed by atoms with Gasteiger partial charge < -0.3 is 19.5 Å². The fourth-order valence-corrected chi connectivity index (χ4v) is 4.64. The van der Waals surface area contributed by atoms with Crippen LogP contribution in [0.1, 0.15) is 36.1 Å². The molecule has 2 aromatic carbocycles. The van der Waals surface area contributed by atoms with Crippen molar-refractivity contribution < 1.29 is 19.4 Å². The van der Waals surface area contributed by atoms with Gasteiger partial charge in [0.2, 0.25) is 5.91 Å². The molecule has 4 unspecified atom stereocenters. The highest BCUT2D eigenvalue weighted by atomic mass is 16.5. The van der Waals surface area contributed by atoms with Crippen molar-refractivity contribution in [1.82, 2.24) is 15.8 Å². The lowest BCUT2D eigenvalue weighted by Crippen LogP contribution is -2.47. The fourth-order valence-electron chi connectivity index (χ4n) is 4.64. The van der Waals surface area contributed by atoms with E-state index in [9.17, 15) is 9.90 Å². The predicted octanol–water partition coefficient (Wildman–Crippen LogP) is 2.29. The number of rotatable bonds is 5. The summed E-state index contributed by atoms with van der Waals surface area (Å²) in [6, 6.07) is 13.0. The Labute approximate surface area is 183 Å². The Morgan fingerprint density at radius 1 is 1.13 bits per heavy atom. The topological polar surface area (TPSA) is 83.1 Å². The molecule has 4 atom stereocenters. The molecule has 2 aromatic rings. The van der Waals surface area contributed by atoms with Gasteiger partial charge in [-0.1, -0.05) is 36.8 Å². The molecule has 7 heteroatoms. The zero-order valence-electron chi connectivity index (χ0n) is 18.5. The molecule has 2 saturated heterocycles. The zero-order chi connectivity index (χ0) is 22.2. The summed E-state index contributed by atoms with van der Waals surface area (Å²) < 4.78 is 10.9. The van der Waals surface area contributed by atoms with E-state index in [0.29, 0.717) is 19.5 Å². The van der Waals surface area contributed by atoms with Gasteiger partial charge in [-0.2, -0.15) is 0 Å². The second kappa shape index (κ2) is 8.49. The Hall–Kier alpha value is -2.61. The number of nitrogens with zero attached hydrogens (tertiary/aromatic N) is 1. The molecule has 0 spiro atoms. The van der Waals surface area contributed by atoms with E-state index in [2.05, 4.69) is 10.9 Å². The van der Waals surface area contributed by atoms with E-state index in [1.807, 2.05) is 56.3 Å². The van der Waals surface area contributed by atoms with Crippen LogP contribution in [0, 0.1) is 12.8 Å². The largest absolute Gasteiger partial charge is 0.497 e. The first-order valence-electron chi connectivity index (χ1n) is 10.7. The van der Waals surface area contributed by atoms with Crippen LogP contribution in [0.5, 0.6) is 11.5 Å².